The Hall–Kier alpha value is -0.590. The quantitative estimate of drug-likeness (QED) is 0.801. The Morgan fingerprint density at radius 1 is 1.35 bits per heavy atom. The summed E-state index contributed by atoms with van der Waals surface area (Å²) in [6, 6.07) is 2.30. The number of nitrogens with one attached hydrogen (secondary N) is 1. The van der Waals surface area contributed by atoms with Gasteiger partial charge in [-0.2, -0.15) is 5.26 Å². The minimum Gasteiger partial charge on any atom is -0.375 e. The monoisotopic (exact) mass is 238 g/mol. The molecule has 0 aromatic carbocycles. The van der Waals surface area contributed by atoms with E-state index in [2.05, 4.69) is 25.2 Å². The van der Waals surface area contributed by atoms with Gasteiger partial charge in [-0.05, 0) is 44.6 Å². The summed E-state index contributed by atoms with van der Waals surface area (Å²) in [5.74, 6) is 1.55. The summed E-state index contributed by atoms with van der Waals surface area (Å²) in [7, 11) is 0. The van der Waals surface area contributed by atoms with E-state index >= 15 is 0 Å². The van der Waals surface area contributed by atoms with Gasteiger partial charge in [0, 0.05) is 0 Å². The molecule has 3 heteroatoms. The SMILES string of the molecule is CCNC(C)(C#N)COC1CCC(C)C(C)C1. The van der Waals surface area contributed by atoms with Gasteiger partial charge >= 0.3 is 0 Å². The smallest absolute Gasteiger partial charge is 0.127 e. The molecule has 0 heterocycles. The molecule has 98 valence electrons. The first-order valence-corrected chi connectivity index (χ1v) is 6.78. The first kappa shape index (κ1) is 14.5. The van der Waals surface area contributed by atoms with E-state index in [9.17, 15) is 0 Å². The molecule has 1 N–H and O–H groups in total. The number of rotatable bonds is 5. The fourth-order valence-electron chi connectivity index (χ4n) is 2.45. The molecule has 0 bridgehead atoms. The molecule has 1 aliphatic rings. The zero-order chi connectivity index (χ0) is 12.9. The maximum Gasteiger partial charge on any atom is 0.127 e. The van der Waals surface area contributed by atoms with Gasteiger partial charge in [-0.1, -0.05) is 20.8 Å². The number of ether oxygens (including phenoxy) is 1. The zero-order valence-electron chi connectivity index (χ0n) is 11.6. The molecule has 0 aromatic heterocycles. The van der Waals surface area contributed by atoms with E-state index in [0.717, 1.165) is 31.2 Å². The molecular formula is C14H26N2O. The molecule has 4 unspecified atom stereocenters. The topological polar surface area (TPSA) is 45.0 Å². The largest absolute Gasteiger partial charge is 0.375 e. The molecule has 0 saturated heterocycles. The van der Waals surface area contributed by atoms with Gasteiger partial charge in [0.25, 0.3) is 0 Å². The highest BCUT2D eigenvalue weighted by Crippen LogP contribution is 2.31. The standard InChI is InChI=1S/C14H26N2O/c1-5-16-14(4,9-15)10-17-13-7-6-11(2)12(3)8-13/h11-13,16H,5-8,10H2,1-4H3. The predicted molar refractivity (Wildman–Crippen MR) is 69.6 cm³/mol. The van der Waals surface area contributed by atoms with Crippen molar-refractivity contribution in [2.45, 2.75) is 58.6 Å². The zero-order valence-corrected chi connectivity index (χ0v) is 11.6. The van der Waals surface area contributed by atoms with E-state index in [0.29, 0.717) is 12.7 Å². The molecule has 17 heavy (non-hydrogen) atoms. The Bertz CT molecular complexity index is 274. The average molecular weight is 238 g/mol. The Morgan fingerprint density at radius 2 is 2.06 bits per heavy atom. The van der Waals surface area contributed by atoms with Crippen molar-refractivity contribution in [1.82, 2.24) is 5.32 Å². The Morgan fingerprint density at radius 3 is 2.59 bits per heavy atom. The highest BCUT2D eigenvalue weighted by molar-refractivity contribution is 5.03. The van der Waals surface area contributed by atoms with Crippen molar-refractivity contribution in [3.8, 4) is 6.07 Å². The summed E-state index contributed by atoms with van der Waals surface area (Å²) in [5, 5.41) is 12.3. The Balaban J connectivity index is 2.38. The Kier molecular flexibility index (Phi) is 5.42. The van der Waals surface area contributed by atoms with Crippen LogP contribution in [0.3, 0.4) is 0 Å². The van der Waals surface area contributed by atoms with Gasteiger partial charge in [0.15, 0.2) is 0 Å². The van der Waals surface area contributed by atoms with E-state index in [4.69, 9.17) is 10.00 Å². The predicted octanol–water partition coefficient (Wildman–Crippen LogP) is 2.72. The molecule has 0 amide bonds. The van der Waals surface area contributed by atoms with Gasteiger partial charge in [-0.25, -0.2) is 0 Å². The maximum atomic E-state index is 9.15. The third kappa shape index (κ3) is 4.29. The second-order valence-electron chi connectivity index (χ2n) is 5.67. The highest BCUT2D eigenvalue weighted by atomic mass is 16.5. The van der Waals surface area contributed by atoms with E-state index < -0.39 is 5.54 Å². The minimum absolute atomic E-state index is 0.340. The lowest BCUT2D eigenvalue weighted by Gasteiger charge is -2.33. The Labute approximate surface area is 106 Å². The van der Waals surface area contributed by atoms with Crippen LogP contribution in [0.1, 0.15) is 47.0 Å². The number of hydrogen-bond acceptors (Lipinski definition) is 3. The van der Waals surface area contributed by atoms with Crippen LogP contribution < -0.4 is 5.32 Å². The van der Waals surface area contributed by atoms with Crippen LogP contribution >= 0.6 is 0 Å². The van der Waals surface area contributed by atoms with Crippen molar-refractivity contribution in [2.24, 2.45) is 11.8 Å². The second-order valence-corrected chi connectivity index (χ2v) is 5.67. The summed E-state index contributed by atoms with van der Waals surface area (Å²) in [5.41, 5.74) is -0.541. The van der Waals surface area contributed by atoms with Crippen molar-refractivity contribution in [2.75, 3.05) is 13.2 Å². The van der Waals surface area contributed by atoms with Gasteiger partial charge in [0.1, 0.15) is 5.54 Å². The van der Waals surface area contributed by atoms with E-state index in [1.807, 2.05) is 13.8 Å². The molecule has 1 rings (SSSR count). The lowest BCUT2D eigenvalue weighted by Crippen LogP contribution is -2.46. The second kappa shape index (κ2) is 6.37. The first-order valence-electron chi connectivity index (χ1n) is 6.78. The molecular weight excluding hydrogens is 212 g/mol. The van der Waals surface area contributed by atoms with Crippen LogP contribution in [0.5, 0.6) is 0 Å². The normalized spacial score (nSPS) is 32.8. The average Bonchev–Trinajstić information content (AvgIpc) is 2.31. The molecule has 4 atom stereocenters. The van der Waals surface area contributed by atoms with E-state index in [1.54, 1.807) is 0 Å². The van der Waals surface area contributed by atoms with Crippen molar-refractivity contribution in [3.63, 3.8) is 0 Å². The molecule has 0 radical (unpaired) electrons. The van der Waals surface area contributed by atoms with Gasteiger partial charge < -0.3 is 4.74 Å². The molecule has 0 spiro atoms. The first-order chi connectivity index (χ1) is 8.00. The van der Waals surface area contributed by atoms with Crippen LogP contribution in [-0.2, 0) is 4.74 Å². The van der Waals surface area contributed by atoms with Crippen LogP contribution in [0.4, 0.5) is 0 Å². The van der Waals surface area contributed by atoms with Crippen LogP contribution in [0.15, 0.2) is 0 Å². The van der Waals surface area contributed by atoms with Crippen LogP contribution in [-0.4, -0.2) is 24.8 Å². The van der Waals surface area contributed by atoms with E-state index in [-0.39, 0.29) is 0 Å². The van der Waals surface area contributed by atoms with Crippen molar-refractivity contribution < 1.29 is 4.74 Å². The number of hydrogen-bond donors (Lipinski definition) is 1. The van der Waals surface area contributed by atoms with Gasteiger partial charge in [-0.15, -0.1) is 0 Å². The summed E-state index contributed by atoms with van der Waals surface area (Å²) in [6.45, 7) is 9.83. The number of nitrogens with zero attached hydrogens (tertiary/aromatic N) is 1. The molecule has 0 aliphatic heterocycles. The highest BCUT2D eigenvalue weighted by Gasteiger charge is 2.28. The fraction of sp³-hybridized carbons (Fsp3) is 0.929. The van der Waals surface area contributed by atoms with Gasteiger partial charge in [0.05, 0.1) is 18.8 Å². The van der Waals surface area contributed by atoms with Gasteiger partial charge in [-0.3, -0.25) is 5.32 Å². The number of likely N-dealkylation sites (N-methyl/N-ethyl adjacent to an activating group) is 1. The molecule has 1 aliphatic carbocycles. The summed E-state index contributed by atoms with van der Waals surface area (Å²) >= 11 is 0. The molecule has 3 nitrogen and oxygen atoms in total. The fourth-order valence-corrected chi connectivity index (χ4v) is 2.45. The van der Waals surface area contributed by atoms with Crippen LogP contribution in [0.25, 0.3) is 0 Å². The maximum absolute atomic E-state index is 9.15. The lowest BCUT2D eigenvalue weighted by atomic mass is 9.80. The summed E-state index contributed by atoms with van der Waals surface area (Å²) in [6.07, 6.45) is 3.86. The van der Waals surface area contributed by atoms with Crippen molar-refractivity contribution in [3.05, 3.63) is 0 Å². The molecule has 0 aromatic rings. The van der Waals surface area contributed by atoms with E-state index in [1.165, 1.54) is 6.42 Å². The summed E-state index contributed by atoms with van der Waals surface area (Å²) < 4.78 is 5.93. The van der Waals surface area contributed by atoms with Gasteiger partial charge in [0.2, 0.25) is 0 Å². The lowest BCUT2D eigenvalue weighted by molar-refractivity contribution is -0.0147. The third-order valence-corrected chi connectivity index (χ3v) is 3.97. The van der Waals surface area contributed by atoms with Crippen molar-refractivity contribution >= 4 is 0 Å². The number of nitriles is 1. The van der Waals surface area contributed by atoms with Crippen LogP contribution in [0.2, 0.25) is 0 Å². The molecule has 1 fully saturated rings. The van der Waals surface area contributed by atoms with Crippen LogP contribution in [0, 0.1) is 23.2 Å². The summed E-state index contributed by atoms with van der Waals surface area (Å²) in [4.78, 5) is 0. The molecule has 1 saturated carbocycles. The van der Waals surface area contributed by atoms with Crippen molar-refractivity contribution in [1.29, 1.82) is 5.26 Å². The minimum atomic E-state index is -0.541. The third-order valence-electron chi connectivity index (χ3n) is 3.97.